The second kappa shape index (κ2) is 5.26. The molecule has 0 bridgehead atoms. The minimum Gasteiger partial charge on any atom is -0.313 e. The van der Waals surface area contributed by atoms with Gasteiger partial charge in [0.25, 0.3) is 0 Å². The molecule has 0 spiro atoms. The minimum atomic E-state index is 0.734. The lowest BCUT2D eigenvalue weighted by Gasteiger charge is -2.16. The second-order valence-electron chi connectivity index (χ2n) is 4.37. The van der Waals surface area contributed by atoms with E-state index in [9.17, 15) is 0 Å². The summed E-state index contributed by atoms with van der Waals surface area (Å²) in [5.41, 5.74) is 0. The van der Waals surface area contributed by atoms with Gasteiger partial charge in [0.15, 0.2) is 0 Å². The lowest BCUT2D eigenvalue weighted by atomic mass is 10.1. The van der Waals surface area contributed by atoms with Crippen molar-refractivity contribution in [2.75, 3.05) is 6.54 Å². The van der Waals surface area contributed by atoms with Crippen LogP contribution >= 0.6 is 0 Å². The molecule has 1 atom stereocenters. The zero-order valence-electron chi connectivity index (χ0n) is 9.37. The lowest BCUT2D eigenvalue weighted by Crippen LogP contribution is -2.32. The second-order valence-corrected chi connectivity index (χ2v) is 4.37. The fourth-order valence-corrected chi connectivity index (χ4v) is 2.04. The highest BCUT2D eigenvalue weighted by Gasteiger charge is 2.29. The van der Waals surface area contributed by atoms with Crippen LogP contribution in [0, 0.1) is 5.92 Å². The van der Waals surface area contributed by atoms with Crippen molar-refractivity contribution in [1.82, 2.24) is 20.5 Å². The molecule has 1 aromatic heterocycles. The van der Waals surface area contributed by atoms with Crippen molar-refractivity contribution in [3.05, 3.63) is 12.2 Å². The highest BCUT2D eigenvalue weighted by Crippen LogP contribution is 2.34. The largest absolute Gasteiger partial charge is 0.313 e. The van der Waals surface area contributed by atoms with E-state index in [4.69, 9.17) is 0 Å². The van der Waals surface area contributed by atoms with E-state index in [-0.39, 0.29) is 0 Å². The van der Waals surface area contributed by atoms with Crippen LogP contribution in [0.3, 0.4) is 0 Å². The maximum atomic E-state index is 4.11. The molecule has 0 saturated heterocycles. The van der Waals surface area contributed by atoms with E-state index in [1.54, 1.807) is 6.33 Å². The van der Waals surface area contributed by atoms with Crippen molar-refractivity contribution < 1.29 is 0 Å². The van der Waals surface area contributed by atoms with Crippen LogP contribution in [0.5, 0.6) is 0 Å². The Morgan fingerprint density at radius 1 is 1.60 bits per heavy atom. The third kappa shape index (κ3) is 3.30. The van der Waals surface area contributed by atoms with Crippen LogP contribution in [0.4, 0.5) is 0 Å². The molecule has 84 valence electrons. The first kappa shape index (κ1) is 10.6. The smallest absolute Gasteiger partial charge is 0.137 e. The molecule has 2 N–H and O–H groups in total. The Kier molecular flexibility index (Phi) is 3.72. The van der Waals surface area contributed by atoms with Gasteiger partial charge in [-0.05, 0) is 25.2 Å². The van der Waals surface area contributed by atoms with Crippen LogP contribution in [-0.2, 0) is 6.42 Å². The summed E-state index contributed by atoms with van der Waals surface area (Å²) in [6.45, 7) is 3.27. The molecule has 1 fully saturated rings. The molecule has 0 amide bonds. The van der Waals surface area contributed by atoms with Gasteiger partial charge in [-0.2, -0.15) is 5.10 Å². The standard InChI is InChI=1S/C11H20N4/c1-2-3-10(9-4-5-9)12-7-6-11-13-8-14-15-11/h8-10,12H,2-7H2,1H3,(H,13,14,15). The summed E-state index contributed by atoms with van der Waals surface area (Å²) < 4.78 is 0. The molecule has 4 heteroatoms. The number of nitrogens with one attached hydrogen (secondary N) is 2. The zero-order valence-corrected chi connectivity index (χ0v) is 9.37. The average Bonchev–Trinajstić information content (AvgIpc) is 2.96. The van der Waals surface area contributed by atoms with E-state index >= 15 is 0 Å². The molecule has 1 saturated carbocycles. The van der Waals surface area contributed by atoms with Crippen molar-refractivity contribution >= 4 is 0 Å². The van der Waals surface area contributed by atoms with Gasteiger partial charge in [-0.25, -0.2) is 4.98 Å². The van der Waals surface area contributed by atoms with Gasteiger partial charge in [0.2, 0.25) is 0 Å². The SMILES string of the molecule is CCCC(NCCc1ncn[nH]1)C1CC1. The molecular formula is C11H20N4. The molecule has 2 rings (SSSR count). The highest BCUT2D eigenvalue weighted by atomic mass is 15.2. The van der Waals surface area contributed by atoms with E-state index < -0.39 is 0 Å². The van der Waals surface area contributed by atoms with Crippen molar-refractivity contribution in [3.8, 4) is 0 Å². The van der Waals surface area contributed by atoms with Crippen LogP contribution in [0.2, 0.25) is 0 Å². The zero-order chi connectivity index (χ0) is 10.5. The molecule has 1 aliphatic rings. The number of rotatable bonds is 7. The summed E-state index contributed by atoms with van der Waals surface area (Å²) in [4.78, 5) is 4.11. The summed E-state index contributed by atoms with van der Waals surface area (Å²) >= 11 is 0. The monoisotopic (exact) mass is 208 g/mol. The number of aromatic nitrogens is 3. The number of H-pyrrole nitrogens is 1. The molecule has 0 aliphatic heterocycles. The van der Waals surface area contributed by atoms with Gasteiger partial charge in [0, 0.05) is 19.0 Å². The normalized spacial score (nSPS) is 17.9. The summed E-state index contributed by atoms with van der Waals surface area (Å²) in [7, 11) is 0. The van der Waals surface area contributed by atoms with Crippen LogP contribution in [0.25, 0.3) is 0 Å². The van der Waals surface area contributed by atoms with Gasteiger partial charge in [-0.1, -0.05) is 13.3 Å². The summed E-state index contributed by atoms with van der Waals surface area (Å²) in [5.74, 6) is 1.92. The Morgan fingerprint density at radius 3 is 3.07 bits per heavy atom. The summed E-state index contributed by atoms with van der Waals surface area (Å²) in [6, 6.07) is 0.734. The van der Waals surface area contributed by atoms with Gasteiger partial charge < -0.3 is 5.32 Å². The predicted octanol–water partition coefficient (Wildman–Crippen LogP) is 1.52. The minimum absolute atomic E-state index is 0.734. The first-order chi connectivity index (χ1) is 7.40. The van der Waals surface area contributed by atoms with Gasteiger partial charge in [-0.15, -0.1) is 0 Å². The Morgan fingerprint density at radius 2 is 2.47 bits per heavy atom. The third-order valence-electron chi connectivity index (χ3n) is 3.02. The summed E-state index contributed by atoms with van der Waals surface area (Å²) in [6.07, 6.45) is 7.93. The highest BCUT2D eigenvalue weighted by molar-refractivity contribution is 4.88. The molecule has 1 unspecified atom stereocenters. The van der Waals surface area contributed by atoms with Crippen molar-refractivity contribution in [1.29, 1.82) is 0 Å². The topological polar surface area (TPSA) is 53.6 Å². The first-order valence-electron chi connectivity index (χ1n) is 5.97. The Balaban J connectivity index is 1.66. The first-order valence-corrected chi connectivity index (χ1v) is 5.97. The average molecular weight is 208 g/mol. The number of hydrogen-bond acceptors (Lipinski definition) is 3. The van der Waals surface area contributed by atoms with Crippen LogP contribution in [-0.4, -0.2) is 27.8 Å². The van der Waals surface area contributed by atoms with Crippen molar-refractivity contribution in [2.45, 2.75) is 45.1 Å². The van der Waals surface area contributed by atoms with E-state index in [1.807, 2.05) is 0 Å². The molecule has 4 nitrogen and oxygen atoms in total. The molecule has 0 radical (unpaired) electrons. The maximum Gasteiger partial charge on any atom is 0.137 e. The lowest BCUT2D eigenvalue weighted by molar-refractivity contribution is 0.432. The van der Waals surface area contributed by atoms with Crippen LogP contribution < -0.4 is 5.32 Å². The molecule has 15 heavy (non-hydrogen) atoms. The summed E-state index contributed by atoms with van der Waals surface area (Å²) in [5, 5.41) is 10.4. The predicted molar refractivity (Wildman–Crippen MR) is 59.5 cm³/mol. The Bertz CT molecular complexity index is 266. The van der Waals surface area contributed by atoms with E-state index in [1.165, 1.54) is 25.7 Å². The third-order valence-corrected chi connectivity index (χ3v) is 3.02. The maximum absolute atomic E-state index is 4.11. The molecule has 1 aliphatic carbocycles. The van der Waals surface area contributed by atoms with Gasteiger partial charge >= 0.3 is 0 Å². The molecular weight excluding hydrogens is 188 g/mol. The van der Waals surface area contributed by atoms with E-state index in [0.717, 1.165) is 30.7 Å². The van der Waals surface area contributed by atoms with Gasteiger partial charge in [0.1, 0.15) is 12.2 Å². The molecule has 0 aromatic carbocycles. The number of nitrogens with zero attached hydrogens (tertiary/aromatic N) is 2. The quantitative estimate of drug-likeness (QED) is 0.714. The fourth-order valence-electron chi connectivity index (χ4n) is 2.04. The number of hydrogen-bond donors (Lipinski definition) is 2. The van der Waals surface area contributed by atoms with Crippen molar-refractivity contribution in [2.24, 2.45) is 5.92 Å². The van der Waals surface area contributed by atoms with Crippen LogP contribution in [0.15, 0.2) is 6.33 Å². The van der Waals surface area contributed by atoms with Gasteiger partial charge in [0.05, 0.1) is 0 Å². The molecule has 1 aromatic rings. The van der Waals surface area contributed by atoms with E-state index in [2.05, 4.69) is 27.4 Å². The van der Waals surface area contributed by atoms with E-state index in [0.29, 0.717) is 0 Å². The van der Waals surface area contributed by atoms with Crippen molar-refractivity contribution in [3.63, 3.8) is 0 Å². The molecule has 1 heterocycles. The van der Waals surface area contributed by atoms with Crippen LogP contribution in [0.1, 0.15) is 38.4 Å². The van der Waals surface area contributed by atoms with Gasteiger partial charge in [-0.3, -0.25) is 5.10 Å². The Hall–Kier alpha value is -0.900. The number of aromatic amines is 1. The Labute approximate surface area is 90.9 Å². The fraction of sp³-hybridized carbons (Fsp3) is 0.818.